The maximum absolute atomic E-state index is 12.4. The molecule has 202 valence electrons. The van der Waals surface area contributed by atoms with Gasteiger partial charge in [-0.3, -0.25) is 15.5 Å². The number of aliphatic hydroxyl groups excluding tert-OH is 1. The smallest absolute Gasteiger partial charge is 0.337 e. The van der Waals surface area contributed by atoms with Crippen LogP contribution in [0.1, 0.15) is 36.6 Å². The van der Waals surface area contributed by atoms with E-state index in [0.29, 0.717) is 40.5 Å². The molecular weight excluding hydrogens is 498 g/mol. The number of carbonyl (C=O) groups is 2. The Morgan fingerprint density at radius 2 is 2.00 bits per heavy atom. The van der Waals surface area contributed by atoms with E-state index in [4.69, 9.17) is 14.2 Å². The maximum Gasteiger partial charge on any atom is 0.337 e. The number of rotatable bonds is 11. The third-order valence-electron chi connectivity index (χ3n) is 5.54. The highest BCUT2D eigenvalue weighted by atomic mass is 16.6. The van der Waals surface area contributed by atoms with Crippen LogP contribution in [0.4, 0.5) is 10.5 Å². The second-order valence-electron chi connectivity index (χ2n) is 8.22. The first-order valence-corrected chi connectivity index (χ1v) is 11.6. The molecule has 3 rings (SSSR count). The number of hydrogen-bond acceptors (Lipinski definition) is 10. The molecule has 2 amide bonds. The van der Waals surface area contributed by atoms with Gasteiger partial charge in [0.2, 0.25) is 0 Å². The number of nitro benzene ring substituents is 1. The summed E-state index contributed by atoms with van der Waals surface area (Å²) < 4.78 is 16.3. The van der Waals surface area contributed by atoms with Crippen LogP contribution in [0.25, 0.3) is 0 Å². The molecule has 0 fully saturated rings. The van der Waals surface area contributed by atoms with Crippen LogP contribution >= 0.6 is 0 Å². The van der Waals surface area contributed by atoms with Gasteiger partial charge in [0.25, 0.3) is 5.69 Å². The van der Waals surface area contributed by atoms with Gasteiger partial charge in [-0.15, -0.1) is 0 Å². The highest BCUT2D eigenvalue weighted by Crippen LogP contribution is 2.34. The van der Waals surface area contributed by atoms with Gasteiger partial charge in [0.05, 0.1) is 36.5 Å². The largest absolute Gasteiger partial charge is 0.490 e. The number of urea groups is 1. The molecule has 38 heavy (non-hydrogen) atoms. The van der Waals surface area contributed by atoms with Crippen LogP contribution in [-0.2, 0) is 9.53 Å². The molecule has 13 heteroatoms. The molecular formula is C25H29N5O8. The number of methoxy groups -OCH3 is 1. The fourth-order valence-corrected chi connectivity index (χ4v) is 3.72. The quantitative estimate of drug-likeness (QED) is 0.112. The lowest BCUT2D eigenvalue weighted by molar-refractivity contribution is -0.385. The normalized spacial score (nSPS) is 15.9. The van der Waals surface area contributed by atoms with Crippen LogP contribution in [-0.4, -0.2) is 54.8 Å². The summed E-state index contributed by atoms with van der Waals surface area (Å²) in [6.07, 6.45) is 0.138. The van der Waals surface area contributed by atoms with Crippen molar-refractivity contribution in [3.05, 3.63) is 74.5 Å². The van der Waals surface area contributed by atoms with Crippen LogP contribution < -0.4 is 25.5 Å². The molecule has 0 radical (unpaired) electrons. The van der Waals surface area contributed by atoms with Crippen molar-refractivity contribution in [1.29, 1.82) is 0 Å². The van der Waals surface area contributed by atoms with Crippen molar-refractivity contribution in [2.75, 3.05) is 20.3 Å². The Balaban J connectivity index is 1.70. The van der Waals surface area contributed by atoms with E-state index in [0.717, 1.165) is 0 Å². The average molecular weight is 528 g/mol. The Hall–Kier alpha value is -4.65. The predicted molar refractivity (Wildman–Crippen MR) is 137 cm³/mol. The van der Waals surface area contributed by atoms with Crippen molar-refractivity contribution in [2.45, 2.75) is 33.0 Å². The van der Waals surface area contributed by atoms with Gasteiger partial charge in [0.15, 0.2) is 17.7 Å². The van der Waals surface area contributed by atoms with Gasteiger partial charge in [0, 0.05) is 22.9 Å². The molecule has 0 saturated carbocycles. The fraction of sp³-hybridized carbons (Fsp3) is 0.320. The molecule has 0 unspecified atom stereocenters. The molecule has 0 aliphatic carbocycles. The van der Waals surface area contributed by atoms with Gasteiger partial charge < -0.3 is 30.0 Å². The van der Waals surface area contributed by atoms with Gasteiger partial charge in [-0.05, 0) is 38.5 Å². The summed E-state index contributed by atoms with van der Waals surface area (Å²) >= 11 is 0. The standard InChI is InChI=1S/C25H29N5O8/c1-5-37-20-11-17(23-22(24(32)36-4)15(3)27-25(33)28-23)8-9-19(20)38-13-21(31)29-26-12-16-7-6-14(2)18(10-16)30(34)35/h6-12,21,23,29,31H,5,13H2,1-4H3,(H2,27,28,33)/b26-12-/t21-,23+/m1/s1. The van der Waals surface area contributed by atoms with Crippen molar-refractivity contribution < 1.29 is 33.8 Å². The predicted octanol–water partition coefficient (Wildman–Crippen LogP) is 2.42. The molecule has 2 atom stereocenters. The van der Waals surface area contributed by atoms with Crippen molar-refractivity contribution >= 4 is 23.9 Å². The van der Waals surface area contributed by atoms with Crippen LogP contribution in [0, 0.1) is 17.0 Å². The van der Waals surface area contributed by atoms with Gasteiger partial charge in [0.1, 0.15) is 6.61 Å². The lowest BCUT2D eigenvalue weighted by Gasteiger charge is -2.28. The van der Waals surface area contributed by atoms with Gasteiger partial charge in [-0.2, -0.15) is 5.10 Å². The number of nitrogens with zero attached hydrogens (tertiary/aromatic N) is 2. The van der Waals surface area contributed by atoms with E-state index < -0.39 is 29.2 Å². The number of hydrazone groups is 1. The fourth-order valence-electron chi connectivity index (χ4n) is 3.72. The number of aryl methyl sites for hydroxylation is 1. The molecule has 0 spiro atoms. The highest BCUT2D eigenvalue weighted by Gasteiger charge is 2.32. The minimum absolute atomic E-state index is 0.0295. The highest BCUT2D eigenvalue weighted by molar-refractivity contribution is 5.95. The summed E-state index contributed by atoms with van der Waals surface area (Å²) in [6, 6.07) is 8.31. The molecule has 2 aromatic carbocycles. The monoisotopic (exact) mass is 527 g/mol. The molecule has 4 N–H and O–H groups in total. The molecule has 1 aliphatic heterocycles. The van der Waals surface area contributed by atoms with Crippen molar-refractivity contribution in [2.24, 2.45) is 5.10 Å². The van der Waals surface area contributed by atoms with Gasteiger partial charge in [-0.1, -0.05) is 18.2 Å². The Morgan fingerprint density at radius 3 is 2.68 bits per heavy atom. The molecule has 2 aromatic rings. The minimum Gasteiger partial charge on any atom is -0.490 e. The summed E-state index contributed by atoms with van der Waals surface area (Å²) in [4.78, 5) is 35.0. The zero-order valence-corrected chi connectivity index (χ0v) is 21.3. The summed E-state index contributed by atoms with van der Waals surface area (Å²) in [5.74, 6) is 0.0609. The molecule has 1 aliphatic rings. The van der Waals surface area contributed by atoms with Gasteiger partial charge >= 0.3 is 12.0 Å². The molecule has 1 heterocycles. The Bertz CT molecular complexity index is 1280. The number of nitrogens with one attached hydrogen (secondary N) is 3. The SMILES string of the molecule is CCOc1cc([C@@H]2NC(=O)NC(C)=C2C(=O)OC)ccc1OC[C@@H](O)N/N=C\c1ccc(C)c([N+](=O)[O-])c1. The molecule has 0 bridgehead atoms. The zero-order chi connectivity index (χ0) is 27.8. The number of amides is 2. The number of allylic oxidation sites excluding steroid dienone is 1. The Kier molecular flexibility index (Phi) is 9.22. The van der Waals surface area contributed by atoms with E-state index in [1.165, 1.54) is 19.4 Å². The lowest BCUT2D eigenvalue weighted by Crippen LogP contribution is -2.45. The van der Waals surface area contributed by atoms with Crippen molar-refractivity contribution in [1.82, 2.24) is 16.1 Å². The van der Waals surface area contributed by atoms with Crippen molar-refractivity contribution in [3.8, 4) is 11.5 Å². The maximum atomic E-state index is 12.4. The van der Waals surface area contributed by atoms with Crippen LogP contribution in [0.15, 0.2) is 52.8 Å². The Labute approximate surface area is 218 Å². The number of aliphatic hydroxyl groups is 1. The molecule has 0 saturated heterocycles. The molecule has 0 aromatic heterocycles. The summed E-state index contributed by atoms with van der Waals surface area (Å²) in [6.45, 7) is 5.13. The van der Waals surface area contributed by atoms with E-state index in [1.807, 2.05) is 0 Å². The third kappa shape index (κ3) is 6.76. The van der Waals surface area contributed by atoms with Gasteiger partial charge in [-0.25, -0.2) is 9.59 Å². The molecule has 13 nitrogen and oxygen atoms in total. The number of nitro groups is 1. The average Bonchev–Trinajstić information content (AvgIpc) is 2.88. The first kappa shape index (κ1) is 27.9. The van der Waals surface area contributed by atoms with E-state index in [2.05, 4.69) is 21.2 Å². The number of hydrogen-bond donors (Lipinski definition) is 4. The van der Waals surface area contributed by atoms with Crippen LogP contribution in [0.5, 0.6) is 11.5 Å². The van der Waals surface area contributed by atoms with E-state index >= 15 is 0 Å². The number of benzene rings is 2. The van der Waals surface area contributed by atoms with E-state index in [9.17, 15) is 24.8 Å². The number of esters is 1. The third-order valence-corrected chi connectivity index (χ3v) is 5.54. The van der Waals surface area contributed by atoms with E-state index in [1.54, 1.807) is 51.1 Å². The number of carbonyl (C=O) groups excluding carboxylic acids is 2. The first-order valence-electron chi connectivity index (χ1n) is 11.6. The minimum atomic E-state index is -1.21. The van der Waals surface area contributed by atoms with E-state index in [-0.39, 0.29) is 17.9 Å². The second kappa shape index (κ2) is 12.5. The van der Waals surface area contributed by atoms with Crippen LogP contribution in [0.3, 0.4) is 0 Å². The van der Waals surface area contributed by atoms with Crippen LogP contribution in [0.2, 0.25) is 0 Å². The zero-order valence-electron chi connectivity index (χ0n) is 21.3. The van der Waals surface area contributed by atoms with Crippen molar-refractivity contribution in [3.63, 3.8) is 0 Å². The lowest BCUT2D eigenvalue weighted by atomic mass is 9.95. The summed E-state index contributed by atoms with van der Waals surface area (Å²) in [5, 5.41) is 30.5. The summed E-state index contributed by atoms with van der Waals surface area (Å²) in [5.41, 5.74) is 4.66. The first-order chi connectivity index (χ1) is 18.1. The topological polar surface area (TPSA) is 174 Å². The second-order valence-corrected chi connectivity index (χ2v) is 8.22. The summed E-state index contributed by atoms with van der Waals surface area (Å²) in [7, 11) is 1.26. The number of ether oxygens (including phenoxy) is 3. The Morgan fingerprint density at radius 1 is 1.24 bits per heavy atom.